The summed E-state index contributed by atoms with van der Waals surface area (Å²) < 4.78 is 9.90. The summed E-state index contributed by atoms with van der Waals surface area (Å²) in [6, 6.07) is 7.23. The third kappa shape index (κ3) is 3.88. The summed E-state index contributed by atoms with van der Waals surface area (Å²) in [4.78, 5) is 26.4. The maximum atomic E-state index is 12.1. The van der Waals surface area contributed by atoms with Gasteiger partial charge in [-0.05, 0) is 17.7 Å². The van der Waals surface area contributed by atoms with Crippen LogP contribution >= 0.6 is 0 Å². The fraction of sp³-hybridized carbons (Fsp3) is 0.333. The summed E-state index contributed by atoms with van der Waals surface area (Å²) in [6.45, 7) is 0. The first-order chi connectivity index (χ1) is 11.1. The highest BCUT2D eigenvalue weighted by atomic mass is 16.6. The first-order valence-electron chi connectivity index (χ1n) is 6.84. The van der Waals surface area contributed by atoms with E-state index in [1.165, 1.54) is 13.2 Å². The maximum Gasteiger partial charge on any atom is 0.338 e. The number of benzene rings is 1. The number of aliphatic hydroxyl groups excluding tert-OH is 1. The Kier molecular flexibility index (Phi) is 5.35. The second kappa shape index (κ2) is 7.44. The minimum Gasteiger partial charge on any atom is -0.466 e. The molecule has 0 saturated heterocycles. The predicted molar refractivity (Wildman–Crippen MR) is 79.3 cm³/mol. The van der Waals surface area contributed by atoms with Crippen LogP contribution in [0.15, 0.2) is 47.1 Å². The van der Waals surface area contributed by atoms with Crippen molar-refractivity contribution in [3.8, 4) is 0 Å². The van der Waals surface area contributed by atoms with Crippen LogP contribution in [0.25, 0.3) is 10.4 Å². The van der Waals surface area contributed by atoms with Crippen LogP contribution in [0.1, 0.15) is 16.8 Å². The Labute approximate surface area is 131 Å². The lowest BCUT2D eigenvalue weighted by Gasteiger charge is -2.30. The lowest BCUT2D eigenvalue weighted by Crippen LogP contribution is -2.42. The van der Waals surface area contributed by atoms with Crippen LogP contribution < -0.4 is 0 Å². The van der Waals surface area contributed by atoms with Gasteiger partial charge < -0.3 is 14.6 Å². The molecule has 23 heavy (non-hydrogen) atoms. The van der Waals surface area contributed by atoms with Gasteiger partial charge >= 0.3 is 11.9 Å². The number of carbonyl (C=O) groups excluding carboxylic acids is 2. The first kappa shape index (κ1) is 16.5. The number of aliphatic hydroxyl groups is 1. The van der Waals surface area contributed by atoms with Gasteiger partial charge in [0.05, 0.1) is 18.7 Å². The van der Waals surface area contributed by atoms with Gasteiger partial charge in [0.25, 0.3) is 0 Å². The lowest BCUT2D eigenvalue weighted by molar-refractivity contribution is -0.137. The minimum atomic E-state index is -1.24. The molecule has 0 aromatic heterocycles. The zero-order chi connectivity index (χ0) is 16.8. The summed E-state index contributed by atoms with van der Waals surface area (Å²) >= 11 is 0. The SMILES string of the molecule is COC(=O)C1=C[C@H](N=[N+]=[N-])[C@@H](O)[C@H](OC(=O)c2ccccc2)C1. The second-order valence-corrected chi connectivity index (χ2v) is 4.88. The average molecular weight is 317 g/mol. The molecule has 1 aliphatic carbocycles. The van der Waals surface area contributed by atoms with Gasteiger partial charge in [-0.3, -0.25) is 0 Å². The smallest absolute Gasteiger partial charge is 0.338 e. The molecule has 1 aromatic rings. The van der Waals surface area contributed by atoms with Crippen molar-refractivity contribution in [1.82, 2.24) is 0 Å². The van der Waals surface area contributed by atoms with E-state index in [1.54, 1.807) is 30.3 Å². The van der Waals surface area contributed by atoms with Crippen LogP contribution in [0.3, 0.4) is 0 Å². The van der Waals surface area contributed by atoms with E-state index < -0.39 is 30.2 Å². The van der Waals surface area contributed by atoms with E-state index in [-0.39, 0.29) is 12.0 Å². The molecule has 0 unspecified atom stereocenters. The third-order valence-corrected chi connectivity index (χ3v) is 3.42. The monoisotopic (exact) mass is 317 g/mol. The topological polar surface area (TPSA) is 122 Å². The van der Waals surface area contributed by atoms with E-state index in [1.807, 2.05) is 0 Å². The fourth-order valence-electron chi connectivity index (χ4n) is 2.27. The molecule has 1 N–H and O–H groups in total. The lowest BCUT2D eigenvalue weighted by atomic mass is 9.90. The molecular formula is C15H15N3O5. The van der Waals surface area contributed by atoms with Crippen LogP contribution in [0.2, 0.25) is 0 Å². The van der Waals surface area contributed by atoms with Crippen molar-refractivity contribution < 1.29 is 24.2 Å². The molecule has 0 heterocycles. The standard InChI is InChI=1S/C15H15N3O5/c1-22-14(20)10-7-11(17-18-16)13(19)12(8-10)23-15(21)9-5-3-2-4-6-9/h2-7,11-13,19H,8H2,1H3/t11-,12+,13+/m0/s1. The summed E-state index contributed by atoms with van der Waals surface area (Å²) in [7, 11) is 1.21. The van der Waals surface area contributed by atoms with E-state index in [0.717, 1.165) is 0 Å². The van der Waals surface area contributed by atoms with E-state index in [9.17, 15) is 14.7 Å². The highest BCUT2D eigenvalue weighted by molar-refractivity contribution is 5.90. The van der Waals surface area contributed by atoms with Gasteiger partial charge in [0, 0.05) is 16.9 Å². The summed E-state index contributed by atoms with van der Waals surface area (Å²) in [5.41, 5.74) is 9.05. The molecule has 0 radical (unpaired) electrons. The molecule has 2 rings (SSSR count). The molecule has 0 fully saturated rings. The quantitative estimate of drug-likeness (QED) is 0.392. The summed E-state index contributed by atoms with van der Waals surface area (Å²) in [5, 5.41) is 13.6. The van der Waals surface area contributed by atoms with Gasteiger partial charge in [-0.2, -0.15) is 0 Å². The number of ether oxygens (including phenoxy) is 2. The van der Waals surface area contributed by atoms with Gasteiger partial charge in [-0.1, -0.05) is 29.4 Å². The molecule has 0 saturated carbocycles. The summed E-state index contributed by atoms with van der Waals surface area (Å²) in [5.74, 6) is -1.27. The Morgan fingerprint density at radius 1 is 1.30 bits per heavy atom. The average Bonchev–Trinajstić information content (AvgIpc) is 2.58. The molecule has 3 atom stereocenters. The normalized spacial score (nSPS) is 23.2. The van der Waals surface area contributed by atoms with Crippen LogP contribution in [0, 0.1) is 0 Å². The number of hydrogen-bond donors (Lipinski definition) is 1. The molecule has 120 valence electrons. The Morgan fingerprint density at radius 2 is 2.00 bits per heavy atom. The number of nitrogens with zero attached hydrogens (tertiary/aromatic N) is 3. The molecule has 0 aliphatic heterocycles. The molecule has 8 heteroatoms. The van der Waals surface area contributed by atoms with Crippen molar-refractivity contribution >= 4 is 11.9 Å². The van der Waals surface area contributed by atoms with E-state index in [4.69, 9.17) is 10.3 Å². The van der Waals surface area contributed by atoms with Gasteiger partial charge in [-0.25, -0.2) is 9.59 Å². The highest BCUT2D eigenvalue weighted by Crippen LogP contribution is 2.26. The molecule has 1 aliphatic rings. The number of rotatable bonds is 4. The van der Waals surface area contributed by atoms with Crippen molar-refractivity contribution in [2.75, 3.05) is 7.11 Å². The Balaban J connectivity index is 2.21. The van der Waals surface area contributed by atoms with Crippen molar-refractivity contribution in [2.24, 2.45) is 5.11 Å². The summed E-state index contributed by atoms with van der Waals surface area (Å²) in [6.07, 6.45) is -0.961. The fourth-order valence-corrected chi connectivity index (χ4v) is 2.27. The van der Waals surface area contributed by atoms with Gasteiger partial charge in [0.15, 0.2) is 0 Å². The molecule has 1 aromatic carbocycles. The van der Waals surface area contributed by atoms with Gasteiger partial charge in [0.2, 0.25) is 0 Å². The number of azide groups is 1. The van der Waals surface area contributed by atoms with Gasteiger partial charge in [0.1, 0.15) is 12.2 Å². The zero-order valence-electron chi connectivity index (χ0n) is 12.3. The number of carbonyl (C=O) groups is 2. The van der Waals surface area contributed by atoms with Crippen LogP contribution in [-0.2, 0) is 14.3 Å². The van der Waals surface area contributed by atoms with E-state index in [2.05, 4.69) is 14.8 Å². The molecule has 0 spiro atoms. The molecule has 0 amide bonds. The van der Waals surface area contributed by atoms with Crippen LogP contribution in [-0.4, -0.2) is 42.4 Å². The highest BCUT2D eigenvalue weighted by Gasteiger charge is 2.36. The molecule has 0 bridgehead atoms. The number of esters is 2. The van der Waals surface area contributed by atoms with Crippen molar-refractivity contribution in [3.05, 3.63) is 58.0 Å². The van der Waals surface area contributed by atoms with Crippen molar-refractivity contribution in [3.63, 3.8) is 0 Å². The van der Waals surface area contributed by atoms with Gasteiger partial charge in [-0.15, -0.1) is 0 Å². The zero-order valence-corrected chi connectivity index (χ0v) is 12.3. The molecular weight excluding hydrogens is 302 g/mol. The van der Waals surface area contributed by atoms with E-state index >= 15 is 0 Å². The van der Waals surface area contributed by atoms with Crippen molar-refractivity contribution in [2.45, 2.75) is 24.7 Å². The van der Waals surface area contributed by atoms with Crippen LogP contribution in [0.4, 0.5) is 0 Å². The van der Waals surface area contributed by atoms with E-state index in [0.29, 0.717) is 5.56 Å². The Morgan fingerprint density at radius 3 is 2.61 bits per heavy atom. The predicted octanol–water partition coefficient (Wildman–Crippen LogP) is 1.75. The number of methoxy groups -OCH3 is 1. The molecule has 8 nitrogen and oxygen atoms in total. The van der Waals surface area contributed by atoms with Crippen LogP contribution in [0.5, 0.6) is 0 Å². The number of hydrogen-bond acceptors (Lipinski definition) is 6. The maximum absolute atomic E-state index is 12.1. The second-order valence-electron chi connectivity index (χ2n) is 4.88. The third-order valence-electron chi connectivity index (χ3n) is 3.42. The first-order valence-corrected chi connectivity index (χ1v) is 6.84. The minimum absolute atomic E-state index is 0.0239. The Bertz CT molecular complexity index is 667. The van der Waals surface area contributed by atoms with Crippen molar-refractivity contribution in [1.29, 1.82) is 0 Å². The largest absolute Gasteiger partial charge is 0.466 e. The Hall–Kier alpha value is -2.83.